The van der Waals surface area contributed by atoms with Gasteiger partial charge in [0.1, 0.15) is 5.76 Å². The maximum atomic E-state index is 6.62. The fourth-order valence-electron chi connectivity index (χ4n) is 4.31. The van der Waals surface area contributed by atoms with Crippen LogP contribution in [0.1, 0.15) is 38.8 Å². The molecular formula is C26H26N2O2. The van der Waals surface area contributed by atoms with Crippen LogP contribution in [0.3, 0.4) is 0 Å². The van der Waals surface area contributed by atoms with Crippen molar-refractivity contribution in [3.8, 4) is 0 Å². The molecule has 4 aromatic rings. The van der Waals surface area contributed by atoms with Crippen LogP contribution >= 0.6 is 0 Å². The second-order valence-corrected chi connectivity index (χ2v) is 9.05. The summed E-state index contributed by atoms with van der Waals surface area (Å²) in [6, 6.07) is 18.6. The standard InChI is InChI=1S/C26H26N2O2/c1-16-13-14-19-20-12-9-15-27-24(20)29-23(19)21(16)28-17(2)22(18-10-7-6-8-11-18)30-25(28)26(3,4)5/h6-15,25H,1-5H3. The Balaban J connectivity index is 1.79. The van der Waals surface area contributed by atoms with Gasteiger partial charge in [-0.3, -0.25) is 0 Å². The van der Waals surface area contributed by atoms with E-state index in [4.69, 9.17) is 9.15 Å². The number of aryl methyl sites for hydroxylation is 1. The summed E-state index contributed by atoms with van der Waals surface area (Å²) in [5, 5.41) is 2.11. The molecule has 1 unspecified atom stereocenters. The van der Waals surface area contributed by atoms with Crippen molar-refractivity contribution in [1.29, 1.82) is 0 Å². The molecule has 152 valence electrons. The maximum Gasteiger partial charge on any atom is 0.227 e. The predicted octanol–water partition coefficient (Wildman–Crippen LogP) is 6.89. The average molecular weight is 399 g/mol. The SMILES string of the molecule is CC1=C(c2ccccc2)OC(C(C)(C)C)N1c1c(C)ccc2c1oc1ncccc12. The first-order valence-electron chi connectivity index (χ1n) is 10.4. The average Bonchev–Trinajstić information content (AvgIpc) is 3.26. The third-order valence-electron chi connectivity index (χ3n) is 5.76. The molecule has 0 bridgehead atoms. The highest BCUT2D eigenvalue weighted by atomic mass is 16.5. The molecule has 1 aliphatic rings. The lowest BCUT2D eigenvalue weighted by atomic mass is 9.92. The van der Waals surface area contributed by atoms with E-state index in [2.05, 4.69) is 74.8 Å². The number of furan rings is 1. The second-order valence-electron chi connectivity index (χ2n) is 9.05. The van der Waals surface area contributed by atoms with Crippen LogP contribution in [0.4, 0.5) is 5.69 Å². The van der Waals surface area contributed by atoms with Crippen molar-refractivity contribution in [2.45, 2.75) is 40.8 Å². The van der Waals surface area contributed by atoms with Crippen molar-refractivity contribution in [3.63, 3.8) is 0 Å². The molecular weight excluding hydrogens is 372 g/mol. The Kier molecular flexibility index (Phi) is 4.14. The Morgan fingerprint density at radius 3 is 2.40 bits per heavy atom. The van der Waals surface area contributed by atoms with E-state index in [9.17, 15) is 0 Å². The number of nitrogens with zero attached hydrogens (tertiary/aromatic N) is 2. The minimum atomic E-state index is -0.154. The Labute approximate surface area is 176 Å². The molecule has 0 saturated heterocycles. The molecule has 5 rings (SSSR count). The van der Waals surface area contributed by atoms with Crippen LogP contribution < -0.4 is 4.90 Å². The van der Waals surface area contributed by atoms with Crippen LogP contribution in [0.5, 0.6) is 0 Å². The lowest BCUT2D eigenvalue weighted by Crippen LogP contribution is -2.41. The quantitative estimate of drug-likeness (QED) is 0.369. The fraction of sp³-hybridized carbons (Fsp3) is 0.269. The molecule has 0 N–H and O–H groups in total. The van der Waals surface area contributed by atoms with Crippen LogP contribution in [0.2, 0.25) is 0 Å². The second kappa shape index (κ2) is 6.63. The highest BCUT2D eigenvalue weighted by molar-refractivity contribution is 6.09. The topological polar surface area (TPSA) is 38.5 Å². The number of anilines is 1. The van der Waals surface area contributed by atoms with Crippen LogP contribution in [0.15, 0.2) is 70.9 Å². The summed E-state index contributed by atoms with van der Waals surface area (Å²) < 4.78 is 12.9. The van der Waals surface area contributed by atoms with Crippen molar-refractivity contribution in [3.05, 3.63) is 77.6 Å². The number of benzene rings is 2. The van der Waals surface area contributed by atoms with Gasteiger partial charge in [0.2, 0.25) is 5.71 Å². The first kappa shape index (κ1) is 18.7. The Morgan fingerprint density at radius 1 is 0.900 bits per heavy atom. The van der Waals surface area contributed by atoms with E-state index in [0.717, 1.165) is 44.6 Å². The summed E-state index contributed by atoms with van der Waals surface area (Å²) in [5.41, 5.74) is 5.78. The third-order valence-corrected chi connectivity index (χ3v) is 5.76. The molecule has 1 atom stereocenters. The van der Waals surface area contributed by atoms with Crippen molar-refractivity contribution in [2.24, 2.45) is 5.41 Å². The van der Waals surface area contributed by atoms with Gasteiger partial charge in [-0.25, -0.2) is 4.98 Å². The molecule has 0 saturated carbocycles. The molecule has 0 radical (unpaired) electrons. The number of rotatable bonds is 2. The number of hydrogen-bond acceptors (Lipinski definition) is 4. The lowest BCUT2D eigenvalue weighted by molar-refractivity contribution is 0.0807. The van der Waals surface area contributed by atoms with Gasteiger partial charge in [0.05, 0.1) is 11.4 Å². The third kappa shape index (κ3) is 2.78. The molecule has 2 aromatic carbocycles. The number of ether oxygens (including phenoxy) is 1. The number of pyridine rings is 1. The summed E-state index contributed by atoms with van der Waals surface area (Å²) in [6.07, 6.45) is 1.62. The summed E-state index contributed by atoms with van der Waals surface area (Å²) in [4.78, 5) is 6.74. The summed E-state index contributed by atoms with van der Waals surface area (Å²) in [6.45, 7) is 10.9. The van der Waals surface area contributed by atoms with Crippen molar-refractivity contribution >= 4 is 33.5 Å². The zero-order valence-corrected chi connectivity index (χ0v) is 18.1. The van der Waals surface area contributed by atoms with E-state index in [1.165, 1.54) is 0 Å². The first-order chi connectivity index (χ1) is 14.4. The molecule has 0 fully saturated rings. The summed E-state index contributed by atoms with van der Waals surface area (Å²) in [5.74, 6) is 0.918. The zero-order valence-electron chi connectivity index (χ0n) is 18.1. The molecule has 4 heteroatoms. The van der Waals surface area contributed by atoms with E-state index in [-0.39, 0.29) is 11.6 Å². The van der Waals surface area contributed by atoms with E-state index in [1.807, 2.05) is 24.3 Å². The molecule has 1 aliphatic heterocycles. The van der Waals surface area contributed by atoms with E-state index < -0.39 is 0 Å². The van der Waals surface area contributed by atoms with Gasteiger partial charge in [0.25, 0.3) is 0 Å². The molecule has 4 nitrogen and oxygen atoms in total. The van der Waals surface area contributed by atoms with Gasteiger partial charge in [-0.2, -0.15) is 0 Å². The first-order valence-corrected chi connectivity index (χ1v) is 10.4. The number of fused-ring (bicyclic) bond motifs is 3. The van der Waals surface area contributed by atoms with Crippen molar-refractivity contribution in [2.75, 3.05) is 4.90 Å². The highest BCUT2D eigenvalue weighted by Gasteiger charge is 2.42. The van der Waals surface area contributed by atoms with E-state index in [1.54, 1.807) is 6.20 Å². The van der Waals surface area contributed by atoms with Gasteiger partial charge in [-0.15, -0.1) is 0 Å². The Hall–Kier alpha value is -3.27. The van der Waals surface area contributed by atoms with Crippen LogP contribution in [-0.2, 0) is 4.74 Å². The number of hydrogen-bond donors (Lipinski definition) is 0. The number of aromatic nitrogens is 1. The van der Waals surface area contributed by atoms with Gasteiger partial charge >= 0.3 is 0 Å². The van der Waals surface area contributed by atoms with Crippen LogP contribution in [0, 0.1) is 12.3 Å². The molecule has 0 aliphatic carbocycles. The van der Waals surface area contributed by atoms with Gasteiger partial charge in [0, 0.05) is 27.9 Å². The smallest absolute Gasteiger partial charge is 0.227 e. The number of allylic oxidation sites excluding steroid dienone is 1. The molecule has 2 aromatic heterocycles. The normalized spacial score (nSPS) is 17.2. The van der Waals surface area contributed by atoms with Crippen molar-refractivity contribution < 1.29 is 9.15 Å². The fourth-order valence-corrected chi connectivity index (χ4v) is 4.31. The van der Waals surface area contributed by atoms with Crippen molar-refractivity contribution in [1.82, 2.24) is 4.98 Å². The van der Waals surface area contributed by atoms with Crippen LogP contribution in [-0.4, -0.2) is 11.2 Å². The minimum Gasteiger partial charge on any atom is -0.467 e. The van der Waals surface area contributed by atoms with Gasteiger partial charge in [-0.05, 0) is 31.5 Å². The van der Waals surface area contributed by atoms with Crippen LogP contribution in [0.25, 0.3) is 27.8 Å². The predicted molar refractivity (Wildman–Crippen MR) is 122 cm³/mol. The molecule has 0 spiro atoms. The molecule has 0 amide bonds. The van der Waals surface area contributed by atoms with Gasteiger partial charge in [-0.1, -0.05) is 63.2 Å². The van der Waals surface area contributed by atoms with Gasteiger partial charge < -0.3 is 14.1 Å². The summed E-state index contributed by atoms with van der Waals surface area (Å²) >= 11 is 0. The Bertz CT molecular complexity index is 1280. The largest absolute Gasteiger partial charge is 0.467 e. The zero-order chi connectivity index (χ0) is 21.0. The minimum absolute atomic E-state index is 0.114. The Morgan fingerprint density at radius 2 is 1.67 bits per heavy atom. The van der Waals surface area contributed by atoms with E-state index >= 15 is 0 Å². The highest BCUT2D eigenvalue weighted by Crippen LogP contribution is 2.47. The van der Waals surface area contributed by atoms with Gasteiger partial charge in [0.15, 0.2) is 11.8 Å². The molecule has 3 heterocycles. The summed E-state index contributed by atoms with van der Waals surface area (Å²) in [7, 11) is 0. The van der Waals surface area contributed by atoms with E-state index in [0.29, 0.717) is 5.71 Å². The molecule has 30 heavy (non-hydrogen) atoms. The monoisotopic (exact) mass is 398 g/mol. The maximum absolute atomic E-state index is 6.62. The lowest BCUT2D eigenvalue weighted by Gasteiger charge is -2.36.